The fraction of sp³-hybridized carbons (Fsp3) is 0.417. The highest BCUT2D eigenvalue weighted by Crippen LogP contribution is 2.37. The highest BCUT2D eigenvalue weighted by atomic mass is 19.3. The Kier molecular flexibility index (Phi) is 4.04. The fourth-order valence-electron chi connectivity index (χ4n) is 1.69. The largest absolute Gasteiger partial charge is 0.496 e. The molecule has 0 fully saturated rings. The Labute approximate surface area is 98.0 Å². The summed E-state index contributed by atoms with van der Waals surface area (Å²) < 4.78 is 31.8. The zero-order chi connectivity index (χ0) is 13.1. The number of aryl methyl sites for hydroxylation is 1. The molecule has 1 N–H and O–H groups in total. The molecule has 0 radical (unpaired) electrons. The van der Waals surface area contributed by atoms with Crippen molar-refractivity contribution in [3.8, 4) is 5.75 Å². The monoisotopic (exact) mass is 244 g/mol. The highest BCUT2D eigenvalue weighted by molar-refractivity contribution is 5.67. The van der Waals surface area contributed by atoms with Gasteiger partial charge in [-0.3, -0.25) is 4.79 Å². The second-order valence-electron chi connectivity index (χ2n) is 3.78. The first-order valence-corrected chi connectivity index (χ1v) is 5.12. The van der Waals surface area contributed by atoms with Crippen molar-refractivity contribution in [2.75, 3.05) is 7.11 Å². The second-order valence-corrected chi connectivity index (χ2v) is 3.78. The van der Waals surface area contributed by atoms with Crippen LogP contribution in [0.2, 0.25) is 0 Å². The minimum absolute atomic E-state index is 0.0608. The van der Waals surface area contributed by atoms with Gasteiger partial charge in [-0.25, -0.2) is 8.78 Å². The van der Waals surface area contributed by atoms with E-state index in [2.05, 4.69) is 0 Å². The summed E-state index contributed by atoms with van der Waals surface area (Å²) in [4.78, 5) is 10.5. The van der Waals surface area contributed by atoms with E-state index in [9.17, 15) is 13.6 Å². The number of hydrogen-bond acceptors (Lipinski definition) is 2. The van der Waals surface area contributed by atoms with Crippen LogP contribution in [0.25, 0.3) is 0 Å². The number of halogens is 2. The number of carboxylic acids is 1. The molecule has 0 aliphatic rings. The standard InChI is InChI=1S/C12H14F2O3/c1-12(13,14)11-8(6-7-10(15)16)4-3-5-9(11)17-2/h3-5H,6-7H2,1-2H3,(H,15,16). The molecular weight excluding hydrogens is 230 g/mol. The van der Waals surface area contributed by atoms with Crippen LogP contribution in [-0.2, 0) is 17.1 Å². The van der Waals surface area contributed by atoms with Gasteiger partial charge in [0.2, 0.25) is 0 Å². The molecule has 0 heterocycles. The van der Waals surface area contributed by atoms with E-state index in [0.717, 1.165) is 6.92 Å². The molecule has 0 spiro atoms. The number of benzene rings is 1. The Bertz CT molecular complexity index is 411. The SMILES string of the molecule is COc1cccc(CCC(=O)O)c1C(C)(F)F. The maximum Gasteiger partial charge on any atom is 0.303 e. The predicted molar refractivity (Wildman–Crippen MR) is 58.5 cm³/mol. The zero-order valence-corrected chi connectivity index (χ0v) is 9.67. The molecule has 3 nitrogen and oxygen atoms in total. The number of carbonyl (C=O) groups is 1. The van der Waals surface area contributed by atoms with Crippen LogP contribution in [0.15, 0.2) is 18.2 Å². The lowest BCUT2D eigenvalue weighted by Gasteiger charge is -2.18. The van der Waals surface area contributed by atoms with Gasteiger partial charge in [-0.05, 0) is 18.1 Å². The third-order valence-corrected chi connectivity index (χ3v) is 2.38. The van der Waals surface area contributed by atoms with Gasteiger partial charge in [0.15, 0.2) is 0 Å². The lowest BCUT2D eigenvalue weighted by molar-refractivity contribution is -0.137. The summed E-state index contributed by atoms with van der Waals surface area (Å²) in [5.41, 5.74) is 0.0722. The van der Waals surface area contributed by atoms with Gasteiger partial charge in [0.1, 0.15) is 5.75 Å². The van der Waals surface area contributed by atoms with Gasteiger partial charge >= 0.3 is 5.97 Å². The summed E-state index contributed by atoms with van der Waals surface area (Å²) in [5.74, 6) is -3.99. The lowest BCUT2D eigenvalue weighted by Crippen LogP contribution is -2.13. The number of ether oxygens (including phenoxy) is 1. The number of aliphatic carboxylic acids is 1. The first kappa shape index (κ1) is 13.4. The van der Waals surface area contributed by atoms with Gasteiger partial charge in [-0.2, -0.15) is 0 Å². The molecule has 0 amide bonds. The van der Waals surface area contributed by atoms with Crippen molar-refractivity contribution < 1.29 is 23.4 Å². The number of hydrogen-bond donors (Lipinski definition) is 1. The molecular formula is C12H14F2O3. The molecule has 0 bridgehead atoms. The van der Waals surface area contributed by atoms with Gasteiger partial charge in [-0.1, -0.05) is 12.1 Å². The lowest BCUT2D eigenvalue weighted by atomic mass is 9.97. The quantitative estimate of drug-likeness (QED) is 0.866. The van der Waals surface area contributed by atoms with Gasteiger partial charge in [0.05, 0.1) is 12.7 Å². The molecule has 17 heavy (non-hydrogen) atoms. The molecule has 94 valence electrons. The van der Waals surface area contributed by atoms with Crippen molar-refractivity contribution >= 4 is 5.97 Å². The molecule has 0 saturated carbocycles. The average molecular weight is 244 g/mol. The Morgan fingerprint density at radius 2 is 2.12 bits per heavy atom. The van der Waals surface area contributed by atoms with Crippen LogP contribution < -0.4 is 4.74 Å². The van der Waals surface area contributed by atoms with Crippen molar-refractivity contribution in [3.05, 3.63) is 29.3 Å². The smallest absolute Gasteiger partial charge is 0.303 e. The Balaban J connectivity index is 3.15. The maximum atomic E-state index is 13.5. The van der Waals surface area contributed by atoms with Crippen LogP contribution in [0, 0.1) is 0 Å². The number of methoxy groups -OCH3 is 1. The van der Waals surface area contributed by atoms with Crippen LogP contribution in [0.3, 0.4) is 0 Å². The Morgan fingerprint density at radius 3 is 2.59 bits per heavy atom. The number of alkyl halides is 2. The topological polar surface area (TPSA) is 46.5 Å². The van der Waals surface area contributed by atoms with E-state index in [1.54, 1.807) is 6.07 Å². The van der Waals surface area contributed by atoms with E-state index < -0.39 is 11.9 Å². The van der Waals surface area contributed by atoms with Crippen LogP contribution in [0.1, 0.15) is 24.5 Å². The average Bonchev–Trinajstić information content (AvgIpc) is 2.24. The summed E-state index contributed by atoms with van der Waals surface area (Å²) >= 11 is 0. The summed E-state index contributed by atoms with van der Waals surface area (Å²) in [5, 5.41) is 8.58. The molecule has 1 rings (SSSR count). The molecule has 1 aromatic carbocycles. The predicted octanol–water partition coefficient (Wildman–Crippen LogP) is 2.82. The number of rotatable bonds is 5. The first-order valence-electron chi connectivity index (χ1n) is 5.12. The fourth-order valence-corrected chi connectivity index (χ4v) is 1.69. The first-order chi connectivity index (χ1) is 7.86. The molecule has 1 aromatic rings. The summed E-state index contributed by atoms with van der Waals surface area (Å²) in [6.07, 6.45) is -0.123. The van der Waals surface area contributed by atoms with E-state index in [4.69, 9.17) is 9.84 Å². The third kappa shape index (κ3) is 3.41. The van der Waals surface area contributed by atoms with Crippen LogP contribution >= 0.6 is 0 Å². The van der Waals surface area contributed by atoms with Gasteiger partial charge in [0, 0.05) is 13.3 Å². The van der Waals surface area contributed by atoms with E-state index >= 15 is 0 Å². The maximum absolute atomic E-state index is 13.5. The van der Waals surface area contributed by atoms with Gasteiger partial charge < -0.3 is 9.84 Å². The minimum Gasteiger partial charge on any atom is -0.496 e. The van der Waals surface area contributed by atoms with E-state index in [-0.39, 0.29) is 24.2 Å². The molecule has 0 aromatic heterocycles. The summed E-state index contributed by atoms with van der Waals surface area (Å²) in [6.45, 7) is 0.773. The zero-order valence-electron chi connectivity index (χ0n) is 9.67. The van der Waals surface area contributed by atoms with Crippen molar-refractivity contribution in [2.24, 2.45) is 0 Å². The third-order valence-electron chi connectivity index (χ3n) is 2.38. The molecule has 0 aliphatic carbocycles. The van der Waals surface area contributed by atoms with Crippen LogP contribution in [-0.4, -0.2) is 18.2 Å². The van der Waals surface area contributed by atoms with Crippen molar-refractivity contribution in [1.82, 2.24) is 0 Å². The Morgan fingerprint density at radius 1 is 1.47 bits per heavy atom. The van der Waals surface area contributed by atoms with Gasteiger partial charge in [-0.15, -0.1) is 0 Å². The second kappa shape index (κ2) is 5.12. The molecule has 0 saturated heterocycles. The van der Waals surface area contributed by atoms with Gasteiger partial charge in [0.25, 0.3) is 5.92 Å². The summed E-state index contributed by atoms with van der Waals surface area (Å²) in [7, 11) is 1.31. The van der Waals surface area contributed by atoms with Crippen LogP contribution in [0.4, 0.5) is 8.78 Å². The molecule has 0 unspecified atom stereocenters. The van der Waals surface area contributed by atoms with E-state index in [0.29, 0.717) is 5.56 Å². The molecule has 5 heteroatoms. The Hall–Kier alpha value is -1.65. The number of carboxylic acid groups (broad SMARTS) is 1. The van der Waals surface area contributed by atoms with Crippen molar-refractivity contribution in [1.29, 1.82) is 0 Å². The van der Waals surface area contributed by atoms with Crippen molar-refractivity contribution in [3.63, 3.8) is 0 Å². The minimum atomic E-state index is -3.06. The van der Waals surface area contributed by atoms with E-state index in [1.807, 2.05) is 0 Å². The normalized spacial score (nSPS) is 11.3. The van der Waals surface area contributed by atoms with E-state index in [1.165, 1.54) is 19.2 Å². The van der Waals surface area contributed by atoms with Crippen molar-refractivity contribution in [2.45, 2.75) is 25.7 Å². The summed E-state index contributed by atoms with van der Waals surface area (Å²) in [6, 6.07) is 4.51. The molecule has 0 aliphatic heterocycles. The molecule has 0 atom stereocenters. The highest BCUT2D eigenvalue weighted by Gasteiger charge is 2.31. The van der Waals surface area contributed by atoms with Crippen LogP contribution in [0.5, 0.6) is 5.75 Å².